The fourth-order valence-electron chi connectivity index (χ4n) is 1.57. The molecule has 0 radical (unpaired) electrons. The first-order valence-electron chi connectivity index (χ1n) is 6.01. The van der Waals surface area contributed by atoms with Gasteiger partial charge in [-0.25, -0.2) is 0 Å². The molecular formula is C15H14ClNO2S. The third-order valence-corrected chi connectivity index (χ3v) is 3.70. The summed E-state index contributed by atoms with van der Waals surface area (Å²) in [6.45, 7) is 0.262. The van der Waals surface area contributed by atoms with Gasteiger partial charge in [0.05, 0.1) is 13.7 Å². The Hall–Kier alpha value is -1.49. The molecule has 0 heterocycles. The Morgan fingerprint density at radius 1 is 1.15 bits per heavy atom. The second-order valence-corrected chi connectivity index (χ2v) is 5.43. The summed E-state index contributed by atoms with van der Waals surface area (Å²) < 4.78 is 8.13. The van der Waals surface area contributed by atoms with Crippen LogP contribution in [0, 0.1) is 0 Å². The number of rotatable bonds is 6. The number of methoxy groups -OCH3 is 1. The van der Waals surface area contributed by atoms with E-state index in [9.17, 15) is 4.79 Å². The molecule has 0 saturated heterocycles. The van der Waals surface area contributed by atoms with Crippen molar-refractivity contribution in [3.05, 3.63) is 59.1 Å². The van der Waals surface area contributed by atoms with Crippen molar-refractivity contribution in [3.8, 4) is 5.75 Å². The van der Waals surface area contributed by atoms with Crippen molar-refractivity contribution >= 4 is 29.3 Å². The van der Waals surface area contributed by atoms with Crippen LogP contribution in [-0.4, -0.2) is 19.4 Å². The third-order valence-electron chi connectivity index (χ3n) is 2.65. The van der Waals surface area contributed by atoms with Crippen molar-refractivity contribution in [2.45, 2.75) is 4.90 Å². The number of halogens is 1. The maximum absolute atomic E-state index is 11.9. The third kappa shape index (κ3) is 4.27. The molecule has 2 rings (SSSR count). The number of hydrogen-bond acceptors (Lipinski definition) is 4. The first-order chi connectivity index (χ1) is 9.69. The number of nitrogens with one attached hydrogen (secondary N) is 1. The highest BCUT2D eigenvalue weighted by atomic mass is 35.5. The zero-order valence-electron chi connectivity index (χ0n) is 10.9. The zero-order chi connectivity index (χ0) is 14.4. The van der Waals surface area contributed by atoms with Crippen molar-refractivity contribution in [2.75, 3.05) is 13.7 Å². The predicted molar refractivity (Wildman–Crippen MR) is 82.6 cm³/mol. The van der Waals surface area contributed by atoms with Crippen LogP contribution in [0.3, 0.4) is 0 Å². The summed E-state index contributed by atoms with van der Waals surface area (Å²) in [5.74, 6) is 0.842. The lowest BCUT2D eigenvalue weighted by molar-refractivity contribution is 0.0998. The van der Waals surface area contributed by atoms with Crippen LogP contribution in [0.25, 0.3) is 0 Å². The Kier molecular flexibility index (Phi) is 5.47. The smallest absolute Gasteiger partial charge is 0.177 e. The molecule has 0 saturated carbocycles. The molecule has 5 heteroatoms. The van der Waals surface area contributed by atoms with Crippen molar-refractivity contribution in [1.82, 2.24) is 4.72 Å². The molecule has 2 aromatic carbocycles. The maximum Gasteiger partial charge on any atom is 0.177 e. The summed E-state index contributed by atoms with van der Waals surface area (Å²) in [5, 5.41) is 0.627. The maximum atomic E-state index is 11.9. The van der Waals surface area contributed by atoms with Crippen LogP contribution in [-0.2, 0) is 0 Å². The highest BCUT2D eigenvalue weighted by Crippen LogP contribution is 2.18. The number of benzene rings is 2. The average molecular weight is 308 g/mol. The topological polar surface area (TPSA) is 38.3 Å². The van der Waals surface area contributed by atoms with Crippen molar-refractivity contribution in [3.63, 3.8) is 0 Å². The van der Waals surface area contributed by atoms with Gasteiger partial charge in [0.1, 0.15) is 5.75 Å². The number of Topliss-reactive ketones (excluding diaryl/α,β-unsaturated/α-hetero) is 1. The van der Waals surface area contributed by atoms with Gasteiger partial charge >= 0.3 is 0 Å². The highest BCUT2D eigenvalue weighted by Gasteiger charge is 2.05. The minimum atomic E-state index is 0.0303. The fraction of sp³-hybridized carbons (Fsp3) is 0.133. The molecule has 0 atom stereocenters. The summed E-state index contributed by atoms with van der Waals surface area (Å²) in [4.78, 5) is 12.9. The molecule has 0 aliphatic rings. The van der Waals surface area contributed by atoms with Crippen LogP contribution < -0.4 is 9.46 Å². The summed E-state index contributed by atoms with van der Waals surface area (Å²) in [5.41, 5.74) is 0.650. The molecule has 0 bridgehead atoms. The van der Waals surface area contributed by atoms with Crippen LogP contribution in [0.15, 0.2) is 53.4 Å². The van der Waals surface area contributed by atoms with Gasteiger partial charge in [0, 0.05) is 15.5 Å². The van der Waals surface area contributed by atoms with Gasteiger partial charge in [-0.05, 0) is 60.5 Å². The Labute approximate surface area is 127 Å². The van der Waals surface area contributed by atoms with E-state index in [2.05, 4.69) is 4.72 Å². The first-order valence-corrected chi connectivity index (χ1v) is 7.21. The predicted octanol–water partition coefficient (Wildman–Crippen LogP) is 3.83. The number of ether oxygens (including phenoxy) is 1. The Morgan fingerprint density at radius 2 is 1.80 bits per heavy atom. The van der Waals surface area contributed by atoms with Crippen LogP contribution in [0.5, 0.6) is 5.75 Å². The van der Waals surface area contributed by atoms with E-state index in [0.29, 0.717) is 10.6 Å². The van der Waals surface area contributed by atoms with E-state index in [1.165, 1.54) is 11.9 Å². The van der Waals surface area contributed by atoms with Gasteiger partial charge in [-0.3, -0.25) is 9.52 Å². The lowest BCUT2D eigenvalue weighted by atomic mass is 10.1. The molecular weight excluding hydrogens is 294 g/mol. The number of carbonyl (C=O) groups excluding carboxylic acids is 1. The molecule has 104 valence electrons. The van der Waals surface area contributed by atoms with Crippen molar-refractivity contribution in [2.24, 2.45) is 0 Å². The summed E-state index contributed by atoms with van der Waals surface area (Å²) in [7, 11) is 1.63. The molecule has 0 aliphatic heterocycles. The first kappa shape index (κ1) is 14.9. The van der Waals surface area contributed by atoms with E-state index in [-0.39, 0.29) is 12.3 Å². The van der Waals surface area contributed by atoms with E-state index >= 15 is 0 Å². The molecule has 20 heavy (non-hydrogen) atoms. The molecule has 0 aromatic heterocycles. The van der Waals surface area contributed by atoms with Crippen molar-refractivity contribution in [1.29, 1.82) is 0 Å². The second-order valence-electron chi connectivity index (χ2n) is 4.03. The van der Waals surface area contributed by atoms with Gasteiger partial charge in [-0.1, -0.05) is 11.6 Å². The van der Waals surface area contributed by atoms with E-state index in [4.69, 9.17) is 16.3 Å². The van der Waals surface area contributed by atoms with Gasteiger partial charge in [0.2, 0.25) is 0 Å². The Bertz CT molecular complexity index is 569. The molecule has 0 unspecified atom stereocenters. The quantitative estimate of drug-likeness (QED) is 0.650. The molecule has 0 spiro atoms. The SMILES string of the molecule is COc1ccc(SNCC(=O)c2ccc(Cl)cc2)cc1. The highest BCUT2D eigenvalue weighted by molar-refractivity contribution is 7.97. The van der Waals surface area contributed by atoms with E-state index in [0.717, 1.165) is 10.6 Å². The summed E-state index contributed by atoms with van der Waals surface area (Å²) in [6.07, 6.45) is 0. The van der Waals surface area contributed by atoms with Crippen LogP contribution in [0.2, 0.25) is 5.02 Å². The van der Waals surface area contributed by atoms with E-state index in [1.807, 2.05) is 24.3 Å². The van der Waals surface area contributed by atoms with Gasteiger partial charge in [-0.15, -0.1) is 0 Å². The second kappa shape index (κ2) is 7.33. The van der Waals surface area contributed by atoms with Crippen molar-refractivity contribution < 1.29 is 9.53 Å². The molecule has 1 N–H and O–H groups in total. The van der Waals surface area contributed by atoms with Crippen LogP contribution in [0.1, 0.15) is 10.4 Å². The normalized spacial score (nSPS) is 10.3. The molecule has 2 aromatic rings. The largest absolute Gasteiger partial charge is 0.497 e. The number of ketones is 1. The molecule has 0 fully saturated rings. The van der Waals surface area contributed by atoms with E-state index in [1.54, 1.807) is 31.4 Å². The molecule has 0 aliphatic carbocycles. The Balaban J connectivity index is 1.82. The van der Waals surface area contributed by atoms with Gasteiger partial charge in [0.15, 0.2) is 5.78 Å². The standard InChI is InChI=1S/C15H14ClNO2S/c1-19-13-6-8-14(9-7-13)20-17-10-15(18)11-2-4-12(16)5-3-11/h2-9,17H,10H2,1H3. The van der Waals surface area contributed by atoms with Crippen LogP contribution in [0.4, 0.5) is 0 Å². The van der Waals surface area contributed by atoms with Gasteiger partial charge in [-0.2, -0.15) is 0 Å². The molecule has 0 amide bonds. The summed E-state index contributed by atoms with van der Waals surface area (Å²) in [6, 6.07) is 14.5. The minimum absolute atomic E-state index is 0.0303. The van der Waals surface area contributed by atoms with Gasteiger partial charge in [0.25, 0.3) is 0 Å². The fourth-order valence-corrected chi connectivity index (χ4v) is 2.33. The monoisotopic (exact) mass is 307 g/mol. The Morgan fingerprint density at radius 3 is 2.40 bits per heavy atom. The molecule has 3 nitrogen and oxygen atoms in total. The summed E-state index contributed by atoms with van der Waals surface area (Å²) >= 11 is 7.20. The lowest BCUT2D eigenvalue weighted by Crippen LogP contribution is -2.16. The number of hydrogen-bond donors (Lipinski definition) is 1. The minimum Gasteiger partial charge on any atom is -0.497 e. The average Bonchev–Trinajstić information content (AvgIpc) is 2.48. The van der Waals surface area contributed by atoms with Gasteiger partial charge < -0.3 is 4.74 Å². The lowest BCUT2D eigenvalue weighted by Gasteiger charge is -2.05. The van der Waals surface area contributed by atoms with Crippen LogP contribution >= 0.6 is 23.5 Å². The zero-order valence-corrected chi connectivity index (χ0v) is 12.5. The van der Waals surface area contributed by atoms with E-state index < -0.39 is 0 Å². The number of carbonyl (C=O) groups is 1.